The lowest BCUT2D eigenvalue weighted by molar-refractivity contribution is 0.624. The molecule has 0 aliphatic rings. The van der Waals surface area contributed by atoms with Gasteiger partial charge in [0.25, 0.3) is 0 Å². The summed E-state index contributed by atoms with van der Waals surface area (Å²) in [5, 5.41) is 16.0. The van der Waals surface area contributed by atoms with E-state index in [1.807, 2.05) is 39.9 Å². The number of aromatic nitrogens is 7. The summed E-state index contributed by atoms with van der Waals surface area (Å²) >= 11 is 1.41. The largest absolute Gasteiger partial charge is 0.312 e. The van der Waals surface area contributed by atoms with Crippen molar-refractivity contribution in [1.29, 1.82) is 0 Å². The summed E-state index contributed by atoms with van der Waals surface area (Å²) in [6, 6.07) is 0. The standard InChI is InChI=1S/C15H14N8S/c1-2-3-5-22-9-11(7-19-22)12-8-17-14-13(16-4-6-23(12)14)20-15-21-18-10-24-15/h2,4,6-10H,1,3,5H2,(H,16,20,21). The molecule has 0 fully saturated rings. The van der Waals surface area contributed by atoms with Crippen molar-refractivity contribution in [2.45, 2.75) is 13.0 Å². The number of hydrogen-bond donors (Lipinski definition) is 1. The molecule has 0 atom stereocenters. The van der Waals surface area contributed by atoms with Gasteiger partial charge in [0, 0.05) is 30.7 Å². The summed E-state index contributed by atoms with van der Waals surface area (Å²) in [4.78, 5) is 8.84. The van der Waals surface area contributed by atoms with E-state index in [9.17, 15) is 0 Å². The van der Waals surface area contributed by atoms with E-state index in [4.69, 9.17) is 0 Å². The molecule has 0 saturated carbocycles. The summed E-state index contributed by atoms with van der Waals surface area (Å²) < 4.78 is 3.88. The molecule has 1 N–H and O–H groups in total. The number of fused-ring (bicyclic) bond motifs is 1. The van der Waals surface area contributed by atoms with E-state index in [2.05, 4.69) is 37.2 Å². The average Bonchev–Trinajstić information content (AvgIpc) is 3.33. The Hall–Kier alpha value is -3.07. The highest BCUT2D eigenvalue weighted by Crippen LogP contribution is 2.25. The quantitative estimate of drug-likeness (QED) is 0.544. The first kappa shape index (κ1) is 14.5. The van der Waals surface area contributed by atoms with Crippen molar-refractivity contribution in [3.63, 3.8) is 0 Å². The van der Waals surface area contributed by atoms with E-state index in [0.717, 1.165) is 29.9 Å². The first-order valence-electron chi connectivity index (χ1n) is 7.34. The van der Waals surface area contributed by atoms with Crippen molar-refractivity contribution in [3.05, 3.63) is 49.1 Å². The second-order valence-electron chi connectivity index (χ2n) is 5.05. The van der Waals surface area contributed by atoms with Gasteiger partial charge in [-0.3, -0.25) is 9.08 Å². The maximum atomic E-state index is 4.49. The zero-order valence-electron chi connectivity index (χ0n) is 12.7. The molecule has 0 aliphatic carbocycles. The first-order chi connectivity index (χ1) is 11.8. The maximum Gasteiger partial charge on any atom is 0.211 e. The summed E-state index contributed by atoms with van der Waals surface area (Å²) in [5.74, 6) is 0.638. The number of aryl methyl sites for hydroxylation is 1. The predicted octanol–water partition coefficient (Wildman–Crippen LogP) is 2.76. The van der Waals surface area contributed by atoms with Gasteiger partial charge in [0.1, 0.15) is 5.51 Å². The van der Waals surface area contributed by atoms with Crippen LogP contribution < -0.4 is 5.32 Å². The van der Waals surface area contributed by atoms with Gasteiger partial charge < -0.3 is 5.32 Å². The minimum absolute atomic E-state index is 0.638. The number of nitrogens with zero attached hydrogens (tertiary/aromatic N) is 7. The summed E-state index contributed by atoms with van der Waals surface area (Å²) in [6.07, 6.45) is 12.0. The van der Waals surface area contributed by atoms with Gasteiger partial charge in [0.15, 0.2) is 11.5 Å². The van der Waals surface area contributed by atoms with Crippen LogP contribution in [0, 0.1) is 0 Å². The molecule has 4 heterocycles. The Morgan fingerprint density at radius 1 is 1.29 bits per heavy atom. The van der Waals surface area contributed by atoms with Crippen LogP contribution in [0.1, 0.15) is 6.42 Å². The second kappa shape index (κ2) is 6.20. The van der Waals surface area contributed by atoms with Gasteiger partial charge >= 0.3 is 0 Å². The van der Waals surface area contributed by atoms with Crippen molar-refractivity contribution in [1.82, 2.24) is 34.3 Å². The molecule has 4 aromatic rings. The van der Waals surface area contributed by atoms with Crippen LogP contribution >= 0.6 is 11.3 Å². The fourth-order valence-corrected chi connectivity index (χ4v) is 2.84. The van der Waals surface area contributed by atoms with E-state index < -0.39 is 0 Å². The minimum Gasteiger partial charge on any atom is -0.312 e. The molecule has 0 amide bonds. The molecule has 4 aromatic heterocycles. The number of hydrogen-bond acceptors (Lipinski definition) is 7. The van der Waals surface area contributed by atoms with Crippen molar-refractivity contribution in [3.8, 4) is 11.3 Å². The van der Waals surface area contributed by atoms with Crippen LogP contribution in [-0.2, 0) is 6.54 Å². The summed E-state index contributed by atoms with van der Waals surface area (Å²) in [5.41, 5.74) is 4.34. The van der Waals surface area contributed by atoms with Gasteiger partial charge in [0.2, 0.25) is 5.13 Å². The van der Waals surface area contributed by atoms with Crippen LogP contribution in [0.25, 0.3) is 16.9 Å². The SMILES string of the molecule is C=CCCn1cc(-c2cnc3c(Nc4nncs4)nccn23)cn1. The van der Waals surface area contributed by atoms with Crippen molar-refractivity contribution in [2.24, 2.45) is 0 Å². The minimum atomic E-state index is 0.638. The van der Waals surface area contributed by atoms with E-state index in [1.165, 1.54) is 11.3 Å². The van der Waals surface area contributed by atoms with Gasteiger partial charge in [-0.25, -0.2) is 9.97 Å². The molecule has 9 heteroatoms. The van der Waals surface area contributed by atoms with Crippen LogP contribution in [0.15, 0.2) is 49.1 Å². The molecule has 0 aromatic carbocycles. The lowest BCUT2D eigenvalue weighted by Gasteiger charge is -2.04. The molecule has 8 nitrogen and oxygen atoms in total. The normalized spacial score (nSPS) is 11.0. The highest BCUT2D eigenvalue weighted by Gasteiger charge is 2.12. The number of nitrogens with one attached hydrogen (secondary N) is 1. The van der Waals surface area contributed by atoms with Crippen LogP contribution in [-0.4, -0.2) is 34.3 Å². The van der Waals surface area contributed by atoms with Gasteiger partial charge in [-0.2, -0.15) is 5.10 Å². The van der Waals surface area contributed by atoms with E-state index >= 15 is 0 Å². The molecule has 0 aliphatic heterocycles. The fourth-order valence-electron chi connectivity index (χ4n) is 2.39. The fraction of sp³-hybridized carbons (Fsp3) is 0.133. The molecule has 0 bridgehead atoms. The third-order valence-electron chi connectivity index (χ3n) is 3.50. The average molecular weight is 338 g/mol. The molecule has 0 spiro atoms. The molecule has 120 valence electrons. The first-order valence-corrected chi connectivity index (χ1v) is 8.22. The van der Waals surface area contributed by atoms with Gasteiger partial charge in [-0.15, -0.1) is 16.8 Å². The molecular weight excluding hydrogens is 324 g/mol. The molecule has 24 heavy (non-hydrogen) atoms. The van der Waals surface area contributed by atoms with Crippen LogP contribution in [0.4, 0.5) is 10.9 Å². The third kappa shape index (κ3) is 2.65. The predicted molar refractivity (Wildman–Crippen MR) is 92.2 cm³/mol. The van der Waals surface area contributed by atoms with Gasteiger partial charge in [-0.1, -0.05) is 17.4 Å². The monoisotopic (exact) mass is 338 g/mol. The lowest BCUT2D eigenvalue weighted by atomic mass is 10.3. The topological polar surface area (TPSA) is 85.8 Å². The Balaban J connectivity index is 1.70. The van der Waals surface area contributed by atoms with Crippen molar-refractivity contribution >= 4 is 27.9 Å². The Labute approximate surface area is 141 Å². The Morgan fingerprint density at radius 3 is 3.08 bits per heavy atom. The van der Waals surface area contributed by atoms with E-state index in [-0.39, 0.29) is 0 Å². The Kier molecular flexibility index (Phi) is 3.75. The number of allylic oxidation sites excluding steroid dienone is 1. The Morgan fingerprint density at radius 2 is 2.25 bits per heavy atom. The lowest BCUT2D eigenvalue weighted by Crippen LogP contribution is -1.98. The highest BCUT2D eigenvalue weighted by molar-refractivity contribution is 7.13. The number of anilines is 2. The zero-order chi connectivity index (χ0) is 16.4. The number of imidazole rings is 1. The van der Waals surface area contributed by atoms with Crippen molar-refractivity contribution < 1.29 is 0 Å². The molecule has 4 rings (SSSR count). The van der Waals surface area contributed by atoms with Crippen molar-refractivity contribution in [2.75, 3.05) is 5.32 Å². The van der Waals surface area contributed by atoms with Gasteiger partial charge in [-0.05, 0) is 6.42 Å². The molecular formula is C15H14N8S. The second-order valence-corrected chi connectivity index (χ2v) is 5.88. The van der Waals surface area contributed by atoms with Crippen LogP contribution in [0.5, 0.6) is 0 Å². The third-order valence-corrected chi connectivity index (χ3v) is 4.11. The van der Waals surface area contributed by atoms with E-state index in [1.54, 1.807) is 11.7 Å². The van der Waals surface area contributed by atoms with Crippen LogP contribution in [0.2, 0.25) is 0 Å². The van der Waals surface area contributed by atoms with Gasteiger partial charge in [0.05, 0.1) is 18.1 Å². The summed E-state index contributed by atoms with van der Waals surface area (Å²) in [7, 11) is 0. The Bertz CT molecular complexity index is 969. The van der Waals surface area contributed by atoms with Crippen LogP contribution in [0.3, 0.4) is 0 Å². The smallest absolute Gasteiger partial charge is 0.211 e. The molecule has 0 saturated heterocycles. The van der Waals surface area contributed by atoms with E-state index in [0.29, 0.717) is 10.9 Å². The summed E-state index contributed by atoms with van der Waals surface area (Å²) in [6.45, 7) is 4.55. The molecule has 0 radical (unpaired) electrons. The zero-order valence-corrected chi connectivity index (χ0v) is 13.5. The maximum absolute atomic E-state index is 4.49. The number of rotatable bonds is 6. The molecule has 0 unspecified atom stereocenters. The highest BCUT2D eigenvalue weighted by atomic mass is 32.1.